The second-order valence-electron chi connectivity index (χ2n) is 5.25. The van der Waals surface area contributed by atoms with Crippen LogP contribution in [0, 0.1) is 5.92 Å². The van der Waals surface area contributed by atoms with Gasteiger partial charge in [-0.3, -0.25) is 4.79 Å². The van der Waals surface area contributed by atoms with E-state index in [1.807, 2.05) is 6.07 Å². The zero-order valence-electron chi connectivity index (χ0n) is 11.0. The molecule has 0 saturated carbocycles. The molecule has 1 aromatic rings. The third-order valence-corrected chi connectivity index (χ3v) is 4.77. The largest absolute Gasteiger partial charge is 0.396 e. The highest BCUT2D eigenvalue weighted by Crippen LogP contribution is 2.30. The zero-order valence-corrected chi connectivity index (χ0v) is 11.8. The molecule has 1 unspecified atom stereocenters. The molecule has 0 spiro atoms. The molecule has 1 aromatic heterocycles. The van der Waals surface area contributed by atoms with Gasteiger partial charge in [0, 0.05) is 17.5 Å². The molecule has 0 fully saturated rings. The summed E-state index contributed by atoms with van der Waals surface area (Å²) >= 11 is 1.63. The van der Waals surface area contributed by atoms with Crippen molar-refractivity contribution in [2.45, 2.75) is 45.6 Å². The smallest absolute Gasteiger partial charge is 0.261 e. The second-order valence-corrected chi connectivity index (χ2v) is 6.39. The highest BCUT2D eigenvalue weighted by Gasteiger charge is 2.21. The standard InChI is InChI=1S/C14H21NO2S/c1-9(2)11(6-7-16)15-14(17)13-8-10-4-3-5-12(10)18-13/h8-9,11,16H,3-7H2,1-2H3,(H,15,17). The normalized spacial score (nSPS) is 15.8. The molecule has 2 rings (SSSR count). The molecule has 1 amide bonds. The van der Waals surface area contributed by atoms with E-state index in [2.05, 4.69) is 19.2 Å². The Morgan fingerprint density at radius 1 is 1.50 bits per heavy atom. The Morgan fingerprint density at radius 3 is 2.89 bits per heavy atom. The first-order valence-electron chi connectivity index (χ1n) is 6.65. The van der Waals surface area contributed by atoms with Gasteiger partial charge in [-0.1, -0.05) is 13.8 Å². The first-order chi connectivity index (χ1) is 8.61. The number of thiophene rings is 1. The molecule has 1 aliphatic rings. The second kappa shape index (κ2) is 5.85. The van der Waals surface area contributed by atoms with Crippen LogP contribution in [-0.4, -0.2) is 23.7 Å². The Morgan fingerprint density at radius 2 is 2.28 bits per heavy atom. The number of nitrogens with one attached hydrogen (secondary N) is 1. The van der Waals surface area contributed by atoms with E-state index < -0.39 is 0 Å². The maximum atomic E-state index is 12.2. The summed E-state index contributed by atoms with van der Waals surface area (Å²) in [7, 11) is 0. The van der Waals surface area contributed by atoms with E-state index >= 15 is 0 Å². The summed E-state index contributed by atoms with van der Waals surface area (Å²) in [4.78, 5) is 14.4. The third kappa shape index (κ3) is 2.93. The number of carbonyl (C=O) groups excluding carboxylic acids is 1. The average Bonchev–Trinajstić information content (AvgIpc) is 2.87. The summed E-state index contributed by atoms with van der Waals surface area (Å²) in [6, 6.07) is 2.10. The summed E-state index contributed by atoms with van der Waals surface area (Å²) in [6.45, 7) is 4.24. The van der Waals surface area contributed by atoms with Crippen molar-refractivity contribution < 1.29 is 9.90 Å². The minimum absolute atomic E-state index is 0.0153. The first kappa shape index (κ1) is 13.6. The van der Waals surface area contributed by atoms with Crippen molar-refractivity contribution in [2.24, 2.45) is 5.92 Å². The lowest BCUT2D eigenvalue weighted by molar-refractivity contribution is 0.0920. The molecule has 100 valence electrons. The molecule has 0 aromatic carbocycles. The van der Waals surface area contributed by atoms with Gasteiger partial charge in [0.1, 0.15) is 0 Å². The molecule has 1 aliphatic carbocycles. The number of carbonyl (C=O) groups is 1. The topological polar surface area (TPSA) is 49.3 Å². The van der Waals surface area contributed by atoms with Crippen LogP contribution in [0.1, 0.15) is 46.8 Å². The Bertz CT molecular complexity index is 404. The van der Waals surface area contributed by atoms with Crippen molar-refractivity contribution in [1.29, 1.82) is 0 Å². The van der Waals surface area contributed by atoms with Gasteiger partial charge >= 0.3 is 0 Å². The van der Waals surface area contributed by atoms with Gasteiger partial charge in [-0.05, 0) is 43.2 Å². The summed E-state index contributed by atoms with van der Waals surface area (Å²) in [5.74, 6) is 0.356. The number of aryl methyl sites for hydroxylation is 2. The number of aliphatic hydroxyl groups excluding tert-OH is 1. The Labute approximate surface area is 112 Å². The summed E-state index contributed by atoms with van der Waals surface area (Å²) in [5, 5.41) is 12.0. The predicted octanol–water partition coefficient (Wildman–Crippen LogP) is 2.37. The highest BCUT2D eigenvalue weighted by molar-refractivity contribution is 7.14. The molecule has 4 heteroatoms. The molecule has 3 nitrogen and oxygen atoms in total. The SMILES string of the molecule is CC(C)C(CCO)NC(=O)c1cc2c(s1)CCC2. The van der Waals surface area contributed by atoms with Crippen LogP contribution >= 0.6 is 11.3 Å². The molecule has 0 bridgehead atoms. The van der Waals surface area contributed by atoms with Crippen molar-refractivity contribution in [2.75, 3.05) is 6.61 Å². The molecule has 0 saturated heterocycles. The predicted molar refractivity (Wildman–Crippen MR) is 74.1 cm³/mol. The molecule has 1 atom stereocenters. The number of hydrogen-bond acceptors (Lipinski definition) is 3. The lowest BCUT2D eigenvalue weighted by Gasteiger charge is -2.21. The van der Waals surface area contributed by atoms with Crippen molar-refractivity contribution in [3.8, 4) is 0 Å². The van der Waals surface area contributed by atoms with Gasteiger partial charge in [0.15, 0.2) is 0 Å². The fourth-order valence-electron chi connectivity index (χ4n) is 2.39. The zero-order chi connectivity index (χ0) is 13.1. The van der Waals surface area contributed by atoms with E-state index in [4.69, 9.17) is 5.11 Å². The van der Waals surface area contributed by atoms with Crippen LogP contribution in [-0.2, 0) is 12.8 Å². The lowest BCUT2D eigenvalue weighted by Crippen LogP contribution is -2.38. The summed E-state index contributed by atoms with van der Waals surface area (Å²) in [6.07, 6.45) is 4.08. The van der Waals surface area contributed by atoms with Gasteiger partial charge < -0.3 is 10.4 Å². The van der Waals surface area contributed by atoms with Crippen LogP contribution in [0.4, 0.5) is 0 Å². The average molecular weight is 267 g/mol. The van der Waals surface area contributed by atoms with Crippen LogP contribution in [0.25, 0.3) is 0 Å². The van der Waals surface area contributed by atoms with Gasteiger partial charge in [-0.25, -0.2) is 0 Å². The number of rotatable bonds is 5. The molecule has 2 N–H and O–H groups in total. The van der Waals surface area contributed by atoms with Crippen LogP contribution in [0.2, 0.25) is 0 Å². The molecule has 18 heavy (non-hydrogen) atoms. The van der Waals surface area contributed by atoms with Gasteiger partial charge in [-0.15, -0.1) is 11.3 Å². The maximum absolute atomic E-state index is 12.2. The Hall–Kier alpha value is -0.870. The molecule has 0 radical (unpaired) electrons. The number of fused-ring (bicyclic) bond motifs is 1. The van der Waals surface area contributed by atoms with E-state index in [-0.39, 0.29) is 18.6 Å². The maximum Gasteiger partial charge on any atom is 0.261 e. The van der Waals surface area contributed by atoms with Gasteiger partial charge in [0.25, 0.3) is 5.91 Å². The van der Waals surface area contributed by atoms with Crippen molar-refractivity contribution >= 4 is 17.2 Å². The molecular weight excluding hydrogens is 246 g/mol. The first-order valence-corrected chi connectivity index (χ1v) is 7.46. The fourth-order valence-corrected chi connectivity index (χ4v) is 3.55. The van der Waals surface area contributed by atoms with E-state index in [1.165, 1.54) is 16.9 Å². The highest BCUT2D eigenvalue weighted by atomic mass is 32.1. The van der Waals surface area contributed by atoms with E-state index in [9.17, 15) is 4.79 Å². The van der Waals surface area contributed by atoms with Gasteiger partial charge in [-0.2, -0.15) is 0 Å². The van der Waals surface area contributed by atoms with E-state index in [0.29, 0.717) is 12.3 Å². The van der Waals surface area contributed by atoms with Crippen molar-refractivity contribution in [3.05, 3.63) is 21.4 Å². The lowest BCUT2D eigenvalue weighted by atomic mass is 10.0. The van der Waals surface area contributed by atoms with Crippen LogP contribution in [0.15, 0.2) is 6.07 Å². The molecule has 1 heterocycles. The molecular formula is C14H21NO2S. The monoisotopic (exact) mass is 267 g/mol. The Kier molecular flexibility index (Phi) is 4.40. The van der Waals surface area contributed by atoms with E-state index in [0.717, 1.165) is 17.7 Å². The summed E-state index contributed by atoms with van der Waals surface area (Å²) < 4.78 is 0. The number of hydrogen-bond donors (Lipinski definition) is 2. The summed E-state index contributed by atoms with van der Waals surface area (Å²) in [5.41, 5.74) is 1.36. The minimum Gasteiger partial charge on any atom is -0.396 e. The minimum atomic E-state index is 0.0153. The third-order valence-electron chi connectivity index (χ3n) is 3.53. The van der Waals surface area contributed by atoms with Crippen molar-refractivity contribution in [1.82, 2.24) is 5.32 Å². The van der Waals surface area contributed by atoms with Crippen LogP contribution in [0.5, 0.6) is 0 Å². The van der Waals surface area contributed by atoms with Gasteiger partial charge in [0.05, 0.1) is 4.88 Å². The van der Waals surface area contributed by atoms with Crippen LogP contribution < -0.4 is 5.32 Å². The van der Waals surface area contributed by atoms with Crippen LogP contribution in [0.3, 0.4) is 0 Å². The number of aliphatic hydroxyl groups is 1. The van der Waals surface area contributed by atoms with Crippen molar-refractivity contribution in [3.63, 3.8) is 0 Å². The Balaban J connectivity index is 2.01. The molecule has 0 aliphatic heterocycles. The fraction of sp³-hybridized carbons (Fsp3) is 0.643. The van der Waals surface area contributed by atoms with E-state index in [1.54, 1.807) is 11.3 Å². The quantitative estimate of drug-likeness (QED) is 0.860. The number of amides is 1. The van der Waals surface area contributed by atoms with Gasteiger partial charge in [0.2, 0.25) is 0 Å².